The van der Waals surface area contributed by atoms with Gasteiger partial charge in [0.2, 0.25) is 0 Å². The zero-order chi connectivity index (χ0) is 18.4. The second-order valence-corrected chi connectivity index (χ2v) is 6.14. The van der Waals surface area contributed by atoms with Crippen LogP contribution in [0.3, 0.4) is 0 Å². The highest BCUT2D eigenvalue weighted by molar-refractivity contribution is 7.08. The Balaban J connectivity index is 1.49. The first kappa shape index (κ1) is 17.7. The summed E-state index contributed by atoms with van der Waals surface area (Å²) >= 11 is 1.59. The Hall–Kier alpha value is -3.07. The van der Waals surface area contributed by atoms with E-state index in [1.54, 1.807) is 42.5 Å². The van der Waals surface area contributed by atoms with Crippen LogP contribution in [0, 0.1) is 0 Å². The second-order valence-electron chi connectivity index (χ2n) is 5.36. The number of carbonyl (C=O) groups is 1. The van der Waals surface area contributed by atoms with E-state index in [1.807, 2.05) is 29.0 Å². The lowest BCUT2D eigenvalue weighted by Gasteiger charge is -2.10. The molecule has 2 N–H and O–H groups in total. The molecule has 0 atom stereocenters. The van der Waals surface area contributed by atoms with Crippen molar-refractivity contribution in [2.45, 2.75) is 13.1 Å². The minimum atomic E-state index is -0.287. The maximum atomic E-state index is 12.0. The zero-order valence-electron chi connectivity index (χ0n) is 14.4. The van der Waals surface area contributed by atoms with Crippen molar-refractivity contribution in [2.24, 2.45) is 0 Å². The topological polar surface area (TPSA) is 90.3 Å². The Morgan fingerprint density at radius 2 is 1.96 bits per heavy atom. The van der Waals surface area contributed by atoms with E-state index in [0.29, 0.717) is 30.3 Å². The normalized spacial score (nSPS) is 10.4. The molecule has 3 aromatic rings. The van der Waals surface area contributed by atoms with Gasteiger partial charge in [-0.2, -0.15) is 11.3 Å². The van der Waals surface area contributed by atoms with Crippen LogP contribution in [0.15, 0.2) is 41.2 Å². The van der Waals surface area contributed by atoms with E-state index < -0.39 is 0 Å². The van der Waals surface area contributed by atoms with E-state index >= 15 is 0 Å². The number of thiophene rings is 1. The summed E-state index contributed by atoms with van der Waals surface area (Å²) in [7, 11) is 3.16. The highest BCUT2D eigenvalue weighted by atomic mass is 32.1. The highest BCUT2D eigenvalue weighted by Crippen LogP contribution is 2.27. The molecule has 2 amide bonds. The molecule has 0 saturated heterocycles. The monoisotopic (exact) mass is 373 g/mol. The third-order valence-corrected chi connectivity index (χ3v) is 4.31. The maximum absolute atomic E-state index is 12.0. The van der Waals surface area contributed by atoms with Crippen LogP contribution >= 0.6 is 11.3 Å². The Morgan fingerprint density at radius 1 is 1.15 bits per heavy atom. The molecule has 0 spiro atoms. The lowest BCUT2D eigenvalue weighted by Crippen LogP contribution is -2.34. The molecule has 26 heavy (non-hydrogen) atoms. The molecule has 0 fully saturated rings. The lowest BCUT2D eigenvalue weighted by molar-refractivity contribution is 0.240. The van der Waals surface area contributed by atoms with E-state index in [4.69, 9.17) is 9.47 Å². The molecule has 0 aliphatic carbocycles. The van der Waals surface area contributed by atoms with Crippen molar-refractivity contribution in [1.29, 1.82) is 0 Å². The van der Waals surface area contributed by atoms with Crippen molar-refractivity contribution in [3.8, 4) is 17.2 Å². The summed E-state index contributed by atoms with van der Waals surface area (Å²) in [4.78, 5) is 12.0. The molecule has 3 rings (SSSR count). The van der Waals surface area contributed by atoms with Crippen LogP contribution in [0.4, 0.5) is 4.79 Å². The van der Waals surface area contributed by atoms with Crippen molar-refractivity contribution in [3.63, 3.8) is 0 Å². The molecule has 2 aromatic heterocycles. The molecule has 0 saturated carbocycles. The molecule has 9 heteroatoms. The lowest BCUT2D eigenvalue weighted by atomic mass is 10.2. The first-order valence-electron chi connectivity index (χ1n) is 7.86. The number of nitrogens with one attached hydrogen (secondary N) is 2. The summed E-state index contributed by atoms with van der Waals surface area (Å²) in [5, 5.41) is 17.6. The van der Waals surface area contributed by atoms with Crippen molar-refractivity contribution in [1.82, 2.24) is 25.6 Å². The number of benzene rings is 1. The van der Waals surface area contributed by atoms with E-state index in [9.17, 15) is 4.79 Å². The predicted octanol–water partition coefficient (Wildman–Crippen LogP) is 2.35. The van der Waals surface area contributed by atoms with Gasteiger partial charge in [-0.25, -0.2) is 9.48 Å². The summed E-state index contributed by atoms with van der Waals surface area (Å²) in [6.45, 7) is 0.662. The summed E-state index contributed by atoms with van der Waals surface area (Å²) in [5.41, 5.74) is 2.53. The Labute approximate surface area is 154 Å². The first-order valence-corrected chi connectivity index (χ1v) is 8.80. The molecular formula is C17H19N5O3S. The molecular weight excluding hydrogens is 354 g/mol. The van der Waals surface area contributed by atoms with Gasteiger partial charge >= 0.3 is 6.03 Å². The first-order chi connectivity index (χ1) is 12.7. The fourth-order valence-electron chi connectivity index (χ4n) is 2.30. The number of carbonyl (C=O) groups excluding carboxylic acids is 1. The van der Waals surface area contributed by atoms with Gasteiger partial charge in [0.15, 0.2) is 11.5 Å². The molecule has 0 radical (unpaired) electrons. The van der Waals surface area contributed by atoms with Gasteiger partial charge in [-0.05, 0) is 29.1 Å². The fourth-order valence-corrected chi connectivity index (χ4v) is 2.92. The third kappa shape index (κ3) is 4.31. The molecule has 2 heterocycles. The average Bonchev–Trinajstić information content (AvgIpc) is 3.35. The molecule has 0 bridgehead atoms. The van der Waals surface area contributed by atoms with E-state index in [1.165, 1.54) is 0 Å². The molecule has 8 nitrogen and oxygen atoms in total. The van der Waals surface area contributed by atoms with Gasteiger partial charge in [-0.3, -0.25) is 0 Å². The highest BCUT2D eigenvalue weighted by Gasteiger charge is 2.07. The summed E-state index contributed by atoms with van der Waals surface area (Å²) in [6.07, 6.45) is 1.79. The van der Waals surface area contributed by atoms with Crippen molar-refractivity contribution >= 4 is 17.4 Å². The molecule has 1 aromatic carbocycles. The zero-order valence-corrected chi connectivity index (χ0v) is 15.2. The van der Waals surface area contributed by atoms with Crippen LogP contribution in [0.1, 0.15) is 11.3 Å². The summed E-state index contributed by atoms with van der Waals surface area (Å²) < 4.78 is 12.1. The number of amides is 2. The molecule has 0 aliphatic heterocycles. The van der Waals surface area contributed by atoms with Crippen molar-refractivity contribution in [3.05, 3.63) is 52.5 Å². The number of rotatable bonds is 7. The molecule has 0 aliphatic rings. The number of aromatic nitrogens is 3. The molecule has 0 unspecified atom stereocenters. The Bertz CT molecular complexity index is 863. The summed E-state index contributed by atoms with van der Waals surface area (Å²) in [5.74, 6) is 1.27. The SMILES string of the molecule is COc1ccc(CNC(=O)NCc2cn(-c3ccsc3)nn2)cc1OC. The standard InChI is InChI=1S/C17H19N5O3S/c1-24-15-4-3-12(7-16(15)25-2)8-18-17(23)19-9-13-10-22(21-20-13)14-5-6-26-11-14/h3-7,10-11H,8-9H2,1-2H3,(H2,18,19,23). The van der Waals surface area contributed by atoms with E-state index in [0.717, 1.165) is 11.3 Å². The van der Waals surface area contributed by atoms with E-state index in [-0.39, 0.29) is 6.03 Å². The van der Waals surface area contributed by atoms with Gasteiger partial charge in [-0.15, -0.1) is 5.10 Å². The fraction of sp³-hybridized carbons (Fsp3) is 0.235. The second kappa shape index (κ2) is 8.34. The third-order valence-electron chi connectivity index (χ3n) is 3.64. The number of hydrogen-bond acceptors (Lipinski definition) is 6. The van der Waals surface area contributed by atoms with E-state index in [2.05, 4.69) is 20.9 Å². The number of hydrogen-bond donors (Lipinski definition) is 2. The minimum absolute atomic E-state index is 0.287. The van der Waals surface area contributed by atoms with Crippen LogP contribution in [-0.4, -0.2) is 35.2 Å². The number of nitrogens with zero attached hydrogens (tertiary/aromatic N) is 3. The van der Waals surface area contributed by atoms with Crippen LogP contribution in [0.5, 0.6) is 11.5 Å². The Kier molecular flexibility index (Phi) is 5.69. The number of methoxy groups -OCH3 is 2. The van der Waals surface area contributed by atoms with Crippen LogP contribution in [0.2, 0.25) is 0 Å². The van der Waals surface area contributed by atoms with Gasteiger partial charge in [0.25, 0.3) is 0 Å². The van der Waals surface area contributed by atoms with Gasteiger partial charge in [-0.1, -0.05) is 11.3 Å². The quantitative estimate of drug-likeness (QED) is 0.663. The number of ether oxygens (including phenoxy) is 2. The smallest absolute Gasteiger partial charge is 0.315 e. The van der Waals surface area contributed by atoms with Crippen molar-refractivity contribution in [2.75, 3.05) is 14.2 Å². The minimum Gasteiger partial charge on any atom is -0.493 e. The largest absolute Gasteiger partial charge is 0.493 e. The predicted molar refractivity (Wildman–Crippen MR) is 97.9 cm³/mol. The van der Waals surface area contributed by atoms with Crippen LogP contribution in [0.25, 0.3) is 5.69 Å². The van der Waals surface area contributed by atoms with Crippen molar-refractivity contribution < 1.29 is 14.3 Å². The van der Waals surface area contributed by atoms with Gasteiger partial charge in [0.05, 0.1) is 32.6 Å². The van der Waals surface area contributed by atoms with Crippen LogP contribution in [-0.2, 0) is 13.1 Å². The maximum Gasteiger partial charge on any atom is 0.315 e. The van der Waals surface area contributed by atoms with Crippen LogP contribution < -0.4 is 20.1 Å². The Morgan fingerprint density at radius 3 is 2.69 bits per heavy atom. The summed E-state index contributed by atoms with van der Waals surface area (Å²) in [6, 6.07) is 7.16. The van der Waals surface area contributed by atoms with Gasteiger partial charge < -0.3 is 20.1 Å². The average molecular weight is 373 g/mol. The van der Waals surface area contributed by atoms with Gasteiger partial charge in [0.1, 0.15) is 5.69 Å². The number of urea groups is 1. The van der Waals surface area contributed by atoms with Gasteiger partial charge in [0, 0.05) is 11.9 Å². The molecule has 136 valence electrons.